The summed E-state index contributed by atoms with van der Waals surface area (Å²) in [6.07, 6.45) is 0. The lowest BCUT2D eigenvalue weighted by Crippen LogP contribution is -2.14. The Hall–Kier alpha value is -2.79. The minimum atomic E-state index is -0.210. The molecule has 0 spiro atoms. The van der Waals surface area contributed by atoms with Gasteiger partial charge in [-0.05, 0) is 59.3 Å². The number of nitrogens with zero attached hydrogens (tertiary/aromatic N) is 1. The molecule has 1 heterocycles. The van der Waals surface area contributed by atoms with Gasteiger partial charge >= 0.3 is 0 Å². The third-order valence-corrected chi connectivity index (χ3v) is 5.43. The summed E-state index contributed by atoms with van der Waals surface area (Å²) >= 11 is 3.44. The van der Waals surface area contributed by atoms with Crippen molar-refractivity contribution < 1.29 is 9.53 Å². The Kier molecular flexibility index (Phi) is 4.62. The molecule has 27 heavy (non-hydrogen) atoms. The fourth-order valence-electron chi connectivity index (χ4n) is 3.56. The van der Waals surface area contributed by atoms with Crippen LogP contribution in [0.15, 0.2) is 65.1 Å². The van der Waals surface area contributed by atoms with Crippen molar-refractivity contribution in [3.05, 3.63) is 70.7 Å². The number of aromatic nitrogens is 1. The maximum Gasteiger partial charge on any atom is 0.260 e. The number of carbonyl (C=O) groups is 1. The number of para-hydroxylation sites is 1. The van der Waals surface area contributed by atoms with Crippen molar-refractivity contribution in [2.24, 2.45) is 0 Å². The highest BCUT2D eigenvalue weighted by Crippen LogP contribution is 2.32. The van der Waals surface area contributed by atoms with E-state index in [1.165, 1.54) is 10.9 Å². The topological polar surface area (TPSA) is 43.3 Å². The second-order valence-electron chi connectivity index (χ2n) is 6.26. The lowest BCUT2D eigenvalue weighted by molar-refractivity contribution is 0.102. The van der Waals surface area contributed by atoms with Crippen LogP contribution in [0.1, 0.15) is 17.3 Å². The highest BCUT2D eigenvalue weighted by molar-refractivity contribution is 9.10. The van der Waals surface area contributed by atoms with Gasteiger partial charge in [-0.1, -0.05) is 24.3 Å². The van der Waals surface area contributed by atoms with E-state index in [2.05, 4.69) is 57.0 Å². The van der Waals surface area contributed by atoms with Crippen LogP contribution in [-0.4, -0.2) is 17.6 Å². The van der Waals surface area contributed by atoms with E-state index in [0.717, 1.165) is 23.1 Å². The number of methoxy groups -OCH3 is 1. The number of rotatable bonds is 4. The summed E-state index contributed by atoms with van der Waals surface area (Å²) in [6, 6.07) is 19.8. The molecular weight excluding hydrogens is 404 g/mol. The van der Waals surface area contributed by atoms with Gasteiger partial charge in [0.05, 0.1) is 12.7 Å². The Morgan fingerprint density at radius 3 is 2.59 bits per heavy atom. The van der Waals surface area contributed by atoms with Gasteiger partial charge < -0.3 is 14.6 Å². The fraction of sp³-hybridized carbons (Fsp3) is 0.136. The molecule has 5 heteroatoms. The minimum Gasteiger partial charge on any atom is -0.496 e. The first-order valence-electron chi connectivity index (χ1n) is 8.79. The van der Waals surface area contributed by atoms with Crippen molar-refractivity contribution in [2.75, 3.05) is 12.4 Å². The van der Waals surface area contributed by atoms with Gasteiger partial charge in [0.15, 0.2) is 0 Å². The van der Waals surface area contributed by atoms with E-state index in [-0.39, 0.29) is 5.91 Å². The molecule has 0 aliphatic carbocycles. The monoisotopic (exact) mass is 422 g/mol. The second kappa shape index (κ2) is 7.08. The highest BCUT2D eigenvalue weighted by Gasteiger charge is 2.17. The van der Waals surface area contributed by atoms with Crippen LogP contribution in [0.25, 0.3) is 21.8 Å². The number of amides is 1. The van der Waals surface area contributed by atoms with Gasteiger partial charge in [0, 0.05) is 38.5 Å². The molecule has 0 fully saturated rings. The SMILES string of the molecule is CCn1c2ccccc2c2cc(NC(=O)c3c(Br)cccc3OC)ccc21. The number of carbonyl (C=O) groups excluding carboxylic acids is 1. The summed E-state index contributed by atoms with van der Waals surface area (Å²) in [5.74, 6) is 0.323. The second-order valence-corrected chi connectivity index (χ2v) is 7.12. The average Bonchev–Trinajstić information content (AvgIpc) is 3.00. The molecule has 3 aromatic carbocycles. The van der Waals surface area contributed by atoms with Crippen molar-refractivity contribution >= 4 is 49.3 Å². The van der Waals surface area contributed by atoms with Crippen LogP contribution in [0.4, 0.5) is 5.69 Å². The number of anilines is 1. The number of hydrogen-bond donors (Lipinski definition) is 1. The van der Waals surface area contributed by atoms with Crippen LogP contribution < -0.4 is 10.1 Å². The zero-order valence-electron chi connectivity index (χ0n) is 15.1. The van der Waals surface area contributed by atoms with E-state index in [0.29, 0.717) is 15.8 Å². The fourth-order valence-corrected chi connectivity index (χ4v) is 4.09. The predicted molar refractivity (Wildman–Crippen MR) is 114 cm³/mol. The van der Waals surface area contributed by atoms with Crippen LogP contribution in [-0.2, 0) is 6.54 Å². The van der Waals surface area contributed by atoms with Gasteiger partial charge in [0.1, 0.15) is 5.75 Å². The molecule has 0 aliphatic heterocycles. The van der Waals surface area contributed by atoms with E-state index < -0.39 is 0 Å². The number of benzene rings is 3. The van der Waals surface area contributed by atoms with Crippen molar-refractivity contribution in [2.45, 2.75) is 13.5 Å². The normalized spacial score (nSPS) is 11.1. The zero-order chi connectivity index (χ0) is 19.0. The molecule has 1 amide bonds. The van der Waals surface area contributed by atoms with E-state index in [1.54, 1.807) is 13.2 Å². The molecule has 0 saturated carbocycles. The van der Waals surface area contributed by atoms with Crippen molar-refractivity contribution in [3.63, 3.8) is 0 Å². The largest absolute Gasteiger partial charge is 0.496 e. The van der Waals surface area contributed by atoms with Gasteiger partial charge in [-0.3, -0.25) is 4.79 Å². The number of halogens is 1. The highest BCUT2D eigenvalue weighted by atomic mass is 79.9. The Balaban J connectivity index is 1.78. The first-order chi connectivity index (χ1) is 13.1. The molecular formula is C22H19BrN2O2. The Labute approximate surface area is 165 Å². The van der Waals surface area contributed by atoms with Gasteiger partial charge in [-0.2, -0.15) is 0 Å². The molecule has 136 valence electrons. The minimum absolute atomic E-state index is 0.210. The van der Waals surface area contributed by atoms with Crippen LogP contribution in [0.3, 0.4) is 0 Å². The maximum atomic E-state index is 12.8. The molecule has 0 atom stereocenters. The lowest BCUT2D eigenvalue weighted by atomic mass is 10.1. The molecule has 1 N–H and O–H groups in total. The van der Waals surface area contributed by atoms with Crippen LogP contribution in [0, 0.1) is 0 Å². The van der Waals surface area contributed by atoms with Crippen molar-refractivity contribution in [3.8, 4) is 5.75 Å². The number of nitrogens with one attached hydrogen (secondary N) is 1. The molecule has 1 aromatic heterocycles. The third kappa shape index (κ3) is 2.98. The number of ether oxygens (including phenoxy) is 1. The number of aryl methyl sites for hydroxylation is 1. The summed E-state index contributed by atoms with van der Waals surface area (Å²) in [6.45, 7) is 3.03. The van der Waals surface area contributed by atoms with Gasteiger partial charge in [0.25, 0.3) is 5.91 Å². The molecule has 4 aromatic rings. The van der Waals surface area contributed by atoms with Gasteiger partial charge in [-0.25, -0.2) is 0 Å². The van der Waals surface area contributed by atoms with E-state index in [9.17, 15) is 4.79 Å². The van der Waals surface area contributed by atoms with Crippen molar-refractivity contribution in [1.29, 1.82) is 0 Å². The van der Waals surface area contributed by atoms with E-state index in [1.807, 2.05) is 30.3 Å². The van der Waals surface area contributed by atoms with Crippen LogP contribution in [0.2, 0.25) is 0 Å². The Morgan fingerprint density at radius 2 is 1.81 bits per heavy atom. The summed E-state index contributed by atoms with van der Waals surface area (Å²) in [7, 11) is 1.56. The zero-order valence-corrected chi connectivity index (χ0v) is 16.7. The smallest absolute Gasteiger partial charge is 0.260 e. The van der Waals surface area contributed by atoms with Gasteiger partial charge in [0.2, 0.25) is 0 Å². The first-order valence-corrected chi connectivity index (χ1v) is 9.58. The van der Waals surface area contributed by atoms with Crippen molar-refractivity contribution in [1.82, 2.24) is 4.57 Å². The molecule has 0 saturated heterocycles. The number of fused-ring (bicyclic) bond motifs is 3. The van der Waals surface area contributed by atoms with Gasteiger partial charge in [-0.15, -0.1) is 0 Å². The summed E-state index contributed by atoms with van der Waals surface area (Å²) < 4.78 is 8.32. The Bertz CT molecular complexity index is 1160. The third-order valence-electron chi connectivity index (χ3n) is 4.77. The molecule has 0 unspecified atom stereocenters. The predicted octanol–water partition coefficient (Wildman–Crippen LogP) is 5.84. The molecule has 4 nitrogen and oxygen atoms in total. The summed E-state index contributed by atoms with van der Waals surface area (Å²) in [5, 5.41) is 5.31. The lowest BCUT2D eigenvalue weighted by Gasteiger charge is -2.11. The average molecular weight is 423 g/mol. The van der Waals surface area contributed by atoms with E-state index in [4.69, 9.17) is 4.74 Å². The standard InChI is InChI=1S/C22H19BrN2O2/c1-3-25-18-9-5-4-7-15(18)16-13-14(11-12-19(16)25)24-22(26)21-17(23)8-6-10-20(21)27-2/h4-13H,3H2,1-2H3,(H,24,26). The van der Waals surface area contributed by atoms with E-state index >= 15 is 0 Å². The molecule has 0 bridgehead atoms. The van der Waals surface area contributed by atoms with Crippen LogP contribution in [0.5, 0.6) is 5.75 Å². The molecule has 0 aliphatic rings. The summed E-state index contributed by atoms with van der Waals surface area (Å²) in [5.41, 5.74) is 3.60. The maximum absolute atomic E-state index is 12.8. The molecule has 4 rings (SSSR count). The molecule has 0 radical (unpaired) electrons. The quantitative estimate of drug-likeness (QED) is 0.448. The first kappa shape index (κ1) is 17.6. The summed E-state index contributed by atoms with van der Waals surface area (Å²) in [4.78, 5) is 12.8. The number of hydrogen-bond acceptors (Lipinski definition) is 2. The Morgan fingerprint density at radius 1 is 1.04 bits per heavy atom. The van der Waals surface area contributed by atoms with Crippen LogP contribution >= 0.6 is 15.9 Å².